The first-order valence-corrected chi connectivity index (χ1v) is 8.25. The maximum absolute atomic E-state index is 12.3. The van der Waals surface area contributed by atoms with Crippen molar-refractivity contribution < 1.29 is 19.4 Å². The van der Waals surface area contributed by atoms with E-state index in [0.717, 1.165) is 5.69 Å². The summed E-state index contributed by atoms with van der Waals surface area (Å²) in [7, 11) is 1.50. The number of pyridine rings is 1. The molecule has 2 heterocycles. The van der Waals surface area contributed by atoms with E-state index in [1.807, 2.05) is 5.38 Å². The molecule has 0 atom stereocenters. The van der Waals surface area contributed by atoms with Crippen LogP contribution in [0.3, 0.4) is 0 Å². The molecular weight excluding hydrogens is 342 g/mol. The van der Waals surface area contributed by atoms with Gasteiger partial charge in [0.05, 0.1) is 18.3 Å². The van der Waals surface area contributed by atoms with Crippen molar-refractivity contribution in [1.29, 1.82) is 0 Å². The van der Waals surface area contributed by atoms with Crippen LogP contribution in [0.4, 0.5) is 5.82 Å². The number of nitrogens with one attached hydrogen (secondary N) is 1. The fourth-order valence-corrected chi connectivity index (χ4v) is 2.60. The Morgan fingerprint density at radius 2 is 2.16 bits per heavy atom. The number of hydrogen-bond donors (Lipinski definition) is 2. The Morgan fingerprint density at radius 1 is 1.28 bits per heavy atom. The molecule has 0 radical (unpaired) electrons. The molecule has 0 saturated heterocycles. The zero-order valence-electron chi connectivity index (χ0n) is 13.3. The number of methoxy groups -OCH3 is 1. The highest BCUT2D eigenvalue weighted by molar-refractivity contribution is 7.07. The molecule has 2 N–H and O–H groups in total. The summed E-state index contributed by atoms with van der Waals surface area (Å²) in [4.78, 5) is 20.4. The second-order valence-corrected chi connectivity index (χ2v) is 5.68. The topological polar surface area (TPSA) is 93.6 Å². The molecular formula is C17H15N3O4S. The van der Waals surface area contributed by atoms with Crippen LogP contribution >= 0.6 is 11.3 Å². The summed E-state index contributed by atoms with van der Waals surface area (Å²) >= 11 is 1.49. The third-order valence-electron chi connectivity index (χ3n) is 3.30. The highest BCUT2D eigenvalue weighted by Gasteiger charge is 2.13. The average molecular weight is 357 g/mol. The van der Waals surface area contributed by atoms with E-state index in [4.69, 9.17) is 9.47 Å². The third-order valence-corrected chi connectivity index (χ3v) is 3.94. The number of benzene rings is 1. The molecule has 8 heteroatoms. The molecule has 2 aromatic heterocycles. The van der Waals surface area contributed by atoms with Crippen LogP contribution in [-0.4, -0.2) is 28.1 Å². The standard InChI is InChI=1S/C17H15N3O4S/c1-23-15-7-11(17(22)20-16-13(21)3-2-6-18-16)4-5-14(15)24-8-12-9-25-10-19-12/h2-7,9-10,21H,8H2,1H3,(H,18,20,22). The van der Waals surface area contributed by atoms with Crippen LogP contribution in [0, 0.1) is 0 Å². The molecule has 0 bridgehead atoms. The fourth-order valence-electron chi connectivity index (χ4n) is 2.06. The molecule has 0 fully saturated rings. The van der Waals surface area contributed by atoms with Gasteiger partial charge in [0, 0.05) is 17.1 Å². The number of hydrogen-bond acceptors (Lipinski definition) is 7. The van der Waals surface area contributed by atoms with Crippen molar-refractivity contribution in [2.45, 2.75) is 6.61 Å². The average Bonchev–Trinajstić information content (AvgIpc) is 3.15. The number of carbonyl (C=O) groups excluding carboxylic acids is 1. The Labute approximate surface area is 147 Å². The van der Waals surface area contributed by atoms with E-state index in [9.17, 15) is 9.90 Å². The summed E-state index contributed by atoms with van der Waals surface area (Å²) in [5, 5.41) is 14.1. The lowest BCUT2D eigenvalue weighted by Gasteiger charge is -2.12. The zero-order valence-corrected chi connectivity index (χ0v) is 14.1. The second-order valence-electron chi connectivity index (χ2n) is 4.96. The van der Waals surface area contributed by atoms with E-state index >= 15 is 0 Å². The van der Waals surface area contributed by atoms with Gasteiger partial charge in [-0.05, 0) is 30.3 Å². The predicted molar refractivity (Wildman–Crippen MR) is 93.3 cm³/mol. The molecule has 128 valence electrons. The van der Waals surface area contributed by atoms with Gasteiger partial charge in [0.1, 0.15) is 6.61 Å². The Hall–Kier alpha value is -3.13. The molecule has 3 aromatic rings. The summed E-state index contributed by atoms with van der Waals surface area (Å²) in [5.41, 5.74) is 2.90. The highest BCUT2D eigenvalue weighted by atomic mass is 32.1. The lowest BCUT2D eigenvalue weighted by Crippen LogP contribution is -2.13. The van der Waals surface area contributed by atoms with Crippen molar-refractivity contribution in [1.82, 2.24) is 9.97 Å². The number of thiazole rings is 1. The number of nitrogens with zero attached hydrogens (tertiary/aromatic N) is 2. The van der Waals surface area contributed by atoms with Crippen LogP contribution < -0.4 is 14.8 Å². The Balaban J connectivity index is 1.74. The molecule has 3 rings (SSSR count). The SMILES string of the molecule is COc1cc(C(=O)Nc2ncccc2O)ccc1OCc1cscn1. The minimum Gasteiger partial charge on any atom is -0.504 e. The number of rotatable bonds is 6. The molecule has 25 heavy (non-hydrogen) atoms. The lowest BCUT2D eigenvalue weighted by molar-refractivity contribution is 0.102. The first kappa shape index (κ1) is 16.7. The van der Waals surface area contributed by atoms with Crippen molar-refractivity contribution in [3.8, 4) is 17.2 Å². The van der Waals surface area contributed by atoms with Crippen molar-refractivity contribution in [2.24, 2.45) is 0 Å². The number of ether oxygens (including phenoxy) is 2. The Morgan fingerprint density at radius 3 is 2.88 bits per heavy atom. The Bertz CT molecular complexity index is 868. The molecule has 0 aliphatic heterocycles. The van der Waals surface area contributed by atoms with E-state index < -0.39 is 5.91 Å². The van der Waals surface area contributed by atoms with Crippen LogP contribution in [0.5, 0.6) is 17.2 Å². The number of carbonyl (C=O) groups is 1. The molecule has 0 aliphatic rings. The minimum atomic E-state index is -0.418. The highest BCUT2D eigenvalue weighted by Crippen LogP contribution is 2.29. The van der Waals surface area contributed by atoms with Crippen LogP contribution in [0.1, 0.15) is 16.1 Å². The van der Waals surface area contributed by atoms with Crippen molar-refractivity contribution in [2.75, 3.05) is 12.4 Å². The number of anilines is 1. The molecule has 1 amide bonds. The first-order chi connectivity index (χ1) is 12.2. The van der Waals surface area contributed by atoms with Gasteiger partial charge in [-0.2, -0.15) is 0 Å². The first-order valence-electron chi connectivity index (χ1n) is 7.30. The smallest absolute Gasteiger partial charge is 0.257 e. The van der Waals surface area contributed by atoms with Crippen LogP contribution in [-0.2, 0) is 6.61 Å². The van der Waals surface area contributed by atoms with Gasteiger partial charge in [-0.1, -0.05) is 0 Å². The summed E-state index contributed by atoms with van der Waals surface area (Å²) in [5.74, 6) is 0.501. The van der Waals surface area contributed by atoms with E-state index in [1.165, 1.54) is 30.7 Å². The number of amides is 1. The molecule has 7 nitrogen and oxygen atoms in total. The van der Waals surface area contributed by atoms with E-state index in [1.54, 1.807) is 29.8 Å². The summed E-state index contributed by atoms with van der Waals surface area (Å²) in [6, 6.07) is 7.83. The number of aromatic nitrogens is 2. The second kappa shape index (κ2) is 7.63. The minimum absolute atomic E-state index is 0.0929. The van der Waals surface area contributed by atoms with Crippen LogP contribution in [0.2, 0.25) is 0 Å². The maximum Gasteiger partial charge on any atom is 0.257 e. The van der Waals surface area contributed by atoms with E-state index in [2.05, 4.69) is 15.3 Å². The van der Waals surface area contributed by atoms with Gasteiger partial charge >= 0.3 is 0 Å². The molecule has 0 saturated carbocycles. The number of aromatic hydroxyl groups is 1. The quantitative estimate of drug-likeness (QED) is 0.704. The summed E-state index contributed by atoms with van der Waals surface area (Å²) in [6.07, 6.45) is 1.48. The van der Waals surface area contributed by atoms with Gasteiger partial charge in [0.15, 0.2) is 23.1 Å². The zero-order chi connectivity index (χ0) is 17.6. The molecule has 0 spiro atoms. The van der Waals surface area contributed by atoms with Gasteiger partial charge in [0.2, 0.25) is 0 Å². The van der Waals surface area contributed by atoms with Gasteiger partial charge in [-0.15, -0.1) is 11.3 Å². The Kier molecular flexibility index (Phi) is 5.10. The van der Waals surface area contributed by atoms with Crippen molar-refractivity contribution in [3.63, 3.8) is 0 Å². The van der Waals surface area contributed by atoms with Crippen molar-refractivity contribution in [3.05, 3.63) is 58.7 Å². The summed E-state index contributed by atoms with van der Waals surface area (Å²) in [6.45, 7) is 0.313. The van der Waals surface area contributed by atoms with E-state index in [0.29, 0.717) is 23.7 Å². The fraction of sp³-hybridized carbons (Fsp3) is 0.118. The van der Waals surface area contributed by atoms with Crippen molar-refractivity contribution >= 4 is 23.1 Å². The third kappa shape index (κ3) is 4.04. The van der Waals surface area contributed by atoms with Crippen LogP contribution in [0.25, 0.3) is 0 Å². The van der Waals surface area contributed by atoms with Gasteiger partial charge in [-0.25, -0.2) is 9.97 Å². The molecule has 0 aliphatic carbocycles. The maximum atomic E-state index is 12.3. The van der Waals surface area contributed by atoms with Gasteiger partial charge < -0.3 is 19.9 Å². The summed E-state index contributed by atoms with van der Waals surface area (Å²) < 4.78 is 11.0. The predicted octanol–water partition coefficient (Wildman–Crippen LogP) is 3.08. The lowest BCUT2D eigenvalue weighted by atomic mass is 10.2. The van der Waals surface area contributed by atoms with Gasteiger partial charge in [0.25, 0.3) is 5.91 Å². The van der Waals surface area contributed by atoms with Gasteiger partial charge in [-0.3, -0.25) is 4.79 Å². The molecule has 1 aromatic carbocycles. The normalized spacial score (nSPS) is 10.3. The largest absolute Gasteiger partial charge is 0.504 e. The van der Waals surface area contributed by atoms with Crippen LogP contribution in [0.15, 0.2) is 47.4 Å². The molecule has 0 unspecified atom stereocenters. The monoisotopic (exact) mass is 357 g/mol. The van der Waals surface area contributed by atoms with E-state index in [-0.39, 0.29) is 11.6 Å².